The second kappa shape index (κ2) is 7.04. The second-order valence-electron chi connectivity index (χ2n) is 7.20. The van der Waals surface area contributed by atoms with Crippen LogP contribution in [0.25, 0.3) is 0 Å². The third-order valence-electron chi connectivity index (χ3n) is 3.83. The summed E-state index contributed by atoms with van der Waals surface area (Å²) in [4.78, 5) is 24.0. The first-order valence-electron chi connectivity index (χ1n) is 8.08. The highest BCUT2D eigenvalue weighted by Crippen LogP contribution is 2.37. The van der Waals surface area contributed by atoms with Crippen LogP contribution in [0.4, 0.5) is 0 Å². The van der Waals surface area contributed by atoms with E-state index in [0.717, 1.165) is 12.8 Å². The van der Waals surface area contributed by atoms with E-state index in [1.54, 1.807) is 25.1 Å². The Hall–Kier alpha value is -2.36. The van der Waals surface area contributed by atoms with Crippen LogP contribution >= 0.6 is 0 Å². The molecule has 2 rings (SSSR count). The third kappa shape index (κ3) is 4.82. The van der Waals surface area contributed by atoms with Gasteiger partial charge in [-0.25, -0.2) is 9.59 Å². The zero-order valence-electron chi connectivity index (χ0n) is 14.7. The van der Waals surface area contributed by atoms with Crippen LogP contribution in [0.1, 0.15) is 50.9 Å². The van der Waals surface area contributed by atoms with Crippen LogP contribution in [-0.4, -0.2) is 11.9 Å². The van der Waals surface area contributed by atoms with Crippen molar-refractivity contribution in [3.8, 4) is 5.75 Å². The lowest BCUT2D eigenvalue weighted by Gasteiger charge is -2.31. The van der Waals surface area contributed by atoms with Gasteiger partial charge >= 0.3 is 11.9 Å². The van der Waals surface area contributed by atoms with Crippen LogP contribution in [0.2, 0.25) is 0 Å². The number of rotatable bonds is 4. The quantitative estimate of drug-likeness (QED) is 0.458. The summed E-state index contributed by atoms with van der Waals surface area (Å²) in [5.74, 6) is 0.498. The van der Waals surface area contributed by atoms with Crippen molar-refractivity contribution in [2.75, 3.05) is 0 Å². The van der Waals surface area contributed by atoms with Gasteiger partial charge in [-0.1, -0.05) is 33.4 Å². The van der Waals surface area contributed by atoms with Gasteiger partial charge in [0, 0.05) is 12.0 Å². The first-order chi connectivity index (χ1) is 11.2. The van der Waals surface area contributed by atoms with E-state index in [9.17, 15) is 9.59 Å². The highest BCUT2D eigenvalue weighted by molar-refractivity contribution is 5.92. The Kier molecular flexibility index (Phi) is 5.27. The Balaban J connectivity index is 2.11. The number of hydrogen-bond acceptors (Lipinski definition) is 4. The normalized spacial score (nSPS) is 19.2. The van der Waals surface area contributed by atoms with Crippen molar-refractivity contribution in [1.82, 2.24) is 0 Å². The first-order valence-corrected chi connectivity index (χ1v) is 8.08. The maximum absolute atomic E-state index is 12.4. The fraction of sp³-hybridized carbons (Fsp3) is 0.400. The third-order valence-corrected chi connectivity index (χ3v) is 3.83. The molecule has 1 aliphatic carbocycles. The number of benzene rings is 1. The zero-order chi connectivity index (χ0) is 17.9. The van der Waals surface area contributed by atoms with E-state index in [2.05, 4.69) is 27.4 Å². The van der Waals surface area contributed by atoms with Gasteiger partial charge in [-0.05, 0) is 49.0 Å². The maximum Gasteiger partial charge on any atom is 0.343 e. The summed E-state index contributed by atoms with van der Waals surface area (Å²) in [5, 5.41) is 0. The molecule has 0 spiro atoms. The zero-order valence-corrected chi connectivity index (χ0v) is 14.7. The molecule has 1 unspecified atom stereocenters. The molecule has 0 aromatic heterocycles. The topological polar surface area (TPSA) is 52.6 Å². The Morgan fingerprint density at radius 1 is 1.25 bits per heavy atom. The predicted octanol–water partition coefficient (Wildman–Crippen LogP) is 4.66. The number of carbonyl (C=O) groups excluding carboxylic acids is 2. The van der Waals surface area contributed by atoms with Gasteiger partial charge in [0.2, 0.25) is 0 Å². The van der Waals surface area contributed by atoms with Crippen molar-refractivity contribution in [2.24, 2.45) is 11.3 Å². The van der Waals surface area contributed by atoms with Gasteiger partial charge < -0.3 is 9.47 Å². The van der Waals surface area contributed by atoms with Gasteiger partial charge in [0.1, 0.15) is 11.5 Å². The lowest BCUT2D eigenvalue weighted by molar-refractivity contribution is -0.130. The van der Waals surface area contributed by atoms with Gasteiger partial charge in [-0.3, -0.25) is 0 Å². The number of ether oxygens (including phenoxy) is 2. The van der Waals surface area contributed by atoms with Gasteiger partial charge in [-0.2, -0.15) is 0 Å². The average Bonchev–Trinajstić information content (AvgIpc) is 2.45. The standard InChI is InChI=1S/C20H24O4/c1-13(2)18(21)23-16-8-6-7-15(10-16)19(22)24-17-9-14(3)11-20(4,5)12-17/h6-8,10,12,14H,1,9,11H2,2-5H3. The fourth-order valence-corrected chi connectivity index (χ4v) is 3.00. The SMILES string of the molecule is C=C(C)C(=O)Oc1cccc(C(=O)OC2=CC(C)(C)CC(C)C2)c1. The summed E-state index contributed by atoms with van der Waals surface area (Å²) in [6.07, 6.45) is 3.84. The average molecular weight is 328 g/mol. The van der Waals surface area contributed by atoms with Crippen LogP contribution in [0, 0.1) is 11.3 Å². The van der Waals surface area contributed by atoms with Gasteiger partial charge in [-0.15, -0.1) is 0 Å². The minimum atomic E-state index is -0.522. The molecule has 0 amide bonds. The Morgan fingerprint density at radius 3 is 2.58 bits per heavy atom. The molecule has 0 bridgehead atoms. The van der Waals surface area contributed by atoms with E-state index < -0.39 is 11.9 Å². The van der Waals surface area contributed by atoms with E-state index in [4.69, 9.17) is 9.47 Å². The van der Waals surface area contributed by atoms with Crippen LogP contribution < -0.4 is 4.74 Å². The molecular formula is C20H24O4. The van der Waals surface area contributed by atoms with E-state index >= 15 is 0 Å². The number of hydrogen-bond donors (Lipinski definition) is 0. The minimum absolute atomic E-state index is 0.0200. The molecule has 128 valence electrons. The van der Waals surface area contributed by atoms with Crippen molar-refractivity contribution < 1.29 is 19.1 Å². The Morgan fingerprint density at radius 2 is 1.96 bits per heavy atom. The molecule has 0 saturated heterocycles. The molecule has 1 atom stereocenters. The molecule has 0 heterocycles. The lowest BCUT2D eigenvalue weighted by atomic mass is 9.77. The highest BCUT2D eigenvalue weighted by atomic mass is 16.5. The Labute approximate surface area is 143 Å². The molecule has 24 heavy (non-hydrogen) atoms. The Bertz CT molecular complexity index is 697. The minimum Gasteiger partial charge on any atom is -0.428 e. The highest BCUT2D eigenvalue weighted by Gasteiger charge is 2.27. The van der Waals surface area contributed by atoms with Crippen LogP contribution in [-0.2, 0) is 9.53 Å². The van der Waals surface area contributed by atoms with E-state index in [1.807, 2.05) is 6.08 Å². The summed E-state index contributed by atoms with van der Waals surface area (Å²) in [6.45, 7) is 11.5. The van der Waals surface area contributed by atoms with E-state index in [-0.39, 0.29) is 5.41 Å². The molecule has 0 fully saturated rings. The maximum atomic E-state index is 12.4. The molecule has 1 aromatic carbocycles. The molecule has 4 nitrogen and oxygen atoms in total. The van der Waals surface area contributed by atoms with Crippen molar-refractivity contribution in [3.63, 3.8) is 0 Å². The van der Waals surface area contributed by atoms with Crippen molar-refractivity contribution in [3.05, 3.63) is 53.8 Å². The molecule has 1 aromatic rings. The monoisotopic (exact) mass is 328 g/mol. The van der Waals surface area contributed by atoms with Gasteiger partial charge in [0.25, 0.3) is 0 Å². The summed E-state index contributed by atoms with van der Waals surface area (Å²) < 4.78 is 10.7. The molecule has 0 N–H and O–H groups in total. The summed E-state index contributed by atoms with van der Waals surface area (Å²) in [7, 11) is 0. The molecule has 0 aliphatic heterocycles. The summed E-state index contributed by atoms with van der Waals surface area (Å²) in [5.41, 5.74) is 0.664. The van der Waals surface area contributed by atoms with Crippen LogP contribution in [0.5, 0.6) is 5.75 Å². The van der Waals surface area contributed by atoms with E-state index in [1.165, 1.54) is 6.07 Å². The molecule has 0 saturated carbocycles. The van der Waals surface area contributed by atoms with Gasteiger partial charge in [0.05, 0.1) is 5.56 Å². The van der Waals surface area contributed by atoms with E-state index in [0.29, 0.717) is 28.6 Å². The molecule has 4 heteroatoms. The molecule has 0 radical (unpaired) electrons. The predicted molar refractivity (Wildman–Crippen MR) is 92.6 cm³/mol. The second-order valence-corrected chi connectivity index (χ2v) is 7.20. The summed E-state index contributed by atoms with van der Waals surface area (Å²) in [6, 6.07) is 6.40. The number of allylic oxidation sites excluding steroid dienone is 2. The number of esters is 2. The van der Waals surface area contributed by atoms with Crippen molar-refractivity contribution >= 4 is 11.9 Å². The van der Waals surface area contributed by atoms with Crippen molar-refractivity contribution in [1.29, 1.82) is 0 Å². The smallest absolute Gasteiger partial charge is 0.343 e. The summed E-state index contributed by atoms with van der Waals surface area (Å²) >= 11 is 0. The lowest BCUT2D eigenvalue weighted by Crippen LogP contribution is -2.21. The first kappa shape index (κ1) is 18.0. The molecular weight excluding hydrogens is 304 g/mol. The van der Waals surface area contributed by atoms with Crippen LogP contribution in [0.3, 0.4) is 0 Å². The molecule has 1 aliphatic rings. The fourth-order valence-electron chi connectivity index (χ4n) is 3.00. The van der Waals surface area contributed by atoms with Crippen LogP contribution in [0.15, 0.2) is 48.3 Å². The van der Waals surface area contributed by atoms with Gasteiger partial charge in [0.15, 0.2) is 0 Å². The largest absolute Gasteiger partial charge is 0.428 e. The number of carbonyl (C=O) groups is 2. The van der Waals surface area contributed by atoms with Crippen molar-refractivity contribution in [2.45, 2.75) is 40.5 Å².